The lowest BCUT2D eigenvalue weighted by Gasteiger charge is -2.41. The molecule has 1 fully saturated rings. The van der Waals surface area contributed by atoms with Crippen molar-refractivity contribution in [3.05, 3.63) is 18.2 Å². The first-order chi connectivity index (χ1) is 10.8. The predicted molar refractivity (Wildman–Crippen MR) is 89.2 cm³/mol. The van der Waals surface area contributed by atoms with E-state index in [-0.39, 0.29) is 12.1 Å². The van der Waals surface area contributed by atoms with E-state index >= 15 is 0 Å². The highest BCUT2D eigenvalue weighted by molar-refractivity contribution is 5.68. The second-order valence-corrected chi connectivity index (χ2v) is 7.02. The molecule has 1 aromatic heterocycles. The number of carbonyl (C=O) groups is 1. The number of nitrogens with zero attached hydrogens (tertiary/aromatic N) is 4. The third-order valence-corrected chi connectivity index (χ3v) is 4.08. The zero-order valence-electron chi connectivity index (χ0n) is 14.7. The Labute approximate surface area is 138 Å². The number of aryl methyl sites for hydroxylation is 1. The zero-order chi connectivity index (χ0) is 17.0. The van der Waals surface area contributed by atoms with E-state index in [0.29, 0.717) is 19.6 Å². The predicted octanol–water partition coefficient (Wildman–Crippen LogP) is 1.07. The van der Waals surface area contributed by atoms with Crippen LogP contribution in [-0.4, -0.2) is 69.8 Å². The third kappa shape index (κ3) is 4.94. The Morgan fingerprint density at radius 2 is 2.13 bits per heavy atom. The van der Waals surface area contributed by atoms with E-state index in [9.17, 15) is 4.79 Å². The molecule has 7 heteroatoms. The Morgan fingerprint density at radius 3 is 2.70 bits per heavy atom. The fourth-order valence-corrected chi connectivity index (χ4v) is 2.78. The summed E-state index contributed by atoms with van der Waals surface area (Å²) in [6, 6.07) is 0.167. The maximum atomic E-state index is 12.2. The molecule has 0 spiro atoms. The fourth-order valence-electron chi connectivity index (χ4n) is 2.78. The SMILES string of the molecule is Cc1nccn1CCN1CCN(C(=O)OC(C)(C)C)CC1CN. The van der Waals surface area contributed by atoms with Crippen LogP contribution in [0.25, 0.3) is 0 Å². The number of rotatable bonds is 4. The first-order valence-corrected chi connectivity index (χ1v) is 8.20. The summed E-state index contributed by atoms with van der Waals surface area (Å²) in [5, 5.41) is 0. The van der Waals surface area contributed by atoms with Crippen molar-refractivity contribution in [2.75, 3.05) is 32.7 Å². The van der Waals surface area contributed by atoms with Crippen molar-refractivity contribution < 1.29 is 9.53 Å². The molecule has 7 nitrogen and oxygen atoms in total. The van der Waals surface area contributed by atoms with Gasteiger partial charge < -0.3 is 19.9 Å². The topological polar surface area (TPSA) is 76.6 Å². The normalized spacial score (nSPS) is 19.9. The number of imidazole rings is 1. The summed E-state index contributed by atoms with van der Waals surface area (Å²) in [4.78, 5) is 20.6. The van der Waals surface area contributed by atoms with Crippen molar-refractivity contribution in [1.82, 2.24) is 19.4 Å². The molecule has 1 saturated heterocycles. The quantitative estimate of drug-likeness (QED) is 0.897. The highest BCUT2D eigenvalue weighted by atomic mass is 16.6. The summed E-state index contributed by atoms with van der Waals surface area (Å²) in [7, 11) is 0. The Kier molecular flexibility index (Phi) is 5.64. The van der Waals surface area contributed by atoms with Crippen LogP contribution in [0, 0.1) is 6.92 Å². The second kappa shape index (κ2) is 7.31. The molecule has 1 unspecified atom stereocenters. The van der Waals surface area contributed by atoms with Gasteiger partial charge in [0.2, 0.25) is 0 Å². The van der Waals surface area contributed by atoms with Crippen LogP contribution < -0.4 is 5.73 Å². The van der Waals surface area contributed by atoms with Crippen molar-refractivity contribution in [2.24, 2.45) is 5.73 Å². The molecule has 1 atom stereocenters. The minimum Gasteiger partial charge on any atom is -0.444 e. The monoisotopic (exact) mass is 323 g/mol. The van der Waals surface area contributed by atoms with Gasteiger partial charge in [0.05, 0.1) is 0 Å². The van der Waals surface area contributed by atoms with E-state index in [1.807, 2.05) is 40.1 Å². The number of ether oxygens (including phenoxy) is 1. The average molecular weight is 323 g/mol. The maximum absolute atomic E-state index is 12.2. The lowest BCUT2D eigenvalue weighted by Crippen LogP contribution is -2.58. The summed E-state index contributed by atoms with van der Waals surface area (Å²) < 4.78 is 7.59. The minimum absolute atomic E-state index is 0.167. The molecule has 130 valence electrons. The van der Waals surface area contributed by atoms with Gasteiger partial charge in [-0.1, -0.05) is 0 Å². The van der Waals surface area contributed by atoms with Crippen LogP contribution in [0.4, 0.5) is 4.79 Å². The number of aromatic nitrogens is 2. The molecule has 2 rings (SSSR count). The van der Waals surface area contributed by atoms with Crippen molar-refractivity contribution in [1.29, 1.82) is 0 Å². The Hall–Kier alpha value is -1.60. The van der Waals surface area contributed by atoms with Crippen LogP contribution >= 0.6 is 0 Å². The number of carbonyl (C=O) groups excluding carboxylic acids is 1. The van der Waals surface area contributed by atoms with Crippen LogP contribution in [-0.2, 0) is 11.3 Å². The van der Waals surface area contributed by atoms with E-state index in [1.54, 1.807) is 4.90 Å². The van der Waals surface area contributed by atoms with Crippen LogP contribution in [0.1, 0.15) is 26.6 Å². The number of hydrogen-bond acceptors (Lipinski definition) is 5. The summed E-state index contributed by atoms with van der Waals surface area (Å²) in [5.41, 5.74) is 5.46. The van der Waals surface area contributed by atoms with Crippen molar-refractivity contribution in [3.63, 3.8) is 0 Å². The van der Waals surface area contributed by atoms with Gasteiger partial charge in [0.25, 0.3) is 0 Å². The van der Waals surface area contributed by atoms with Gasteiger partial charge in [0.1, 0.15) is 11.4 Å². The molecule has 1 aliphatic rings. The zero-order valence-corrected chi connectivity index (χ0v) is 14.7. The lowest BCUT2D eigenvalue weighted by atomic mass is 10.1. The Bertz CT molecular complexity index is 523. The van der Waals surface area contributed by atoms with Gasteiger partial charge in [0, 0.05) is 57.7 Å². The van der Waals surface area contributed by atoms with Gasteiger partial charge in [-0.15, -0.1) is 0 Å². The number of nitrogens with two attached hydrogens (primary N) is 1. The third-order valence-electron chi connectivity index (χ3n) is 4.08. The van der Waals surface area contributed by atoms with Gasteiger partial charge in [-0.05, 0) is 27.7 Å². The molecule has 0 radical (unpaired) electrons. The summed E-state index contributed by atoms with van der Waals surface area (Å²) in [5.74, 6) is 1.02. The lowest BCUT2D eigenvalue weighted by molar-refractivity contribution is 0.00434. The molecule has 0 bridgehead atoms. The van der Waals surface area contributed by atoms with Gasteiger partial charge in [-0.25, -0.2) is 9.78 Å². The van der Waals surface area contributed by atoms with Crippen LogP contribution in [0.2, 0.25) is 0 Å². The van der Waals surface area contributed by atoms with Crippen LogP contribution in [0.15, 0.2) is 12.4 Å². The van der Waals surface area contributed by atoms with E-state index in [0.717, 1.165) is 25.5 Å². The smallest absolute Gasteiger partial charge is 0.410 e. The average Bonchev–Trinajstić information content (AvgIpc) is 2.88. The van der Waals surface area contributed by atoms with E-state index in [1.165, 1.54) is 0 Å². The van der Waals surface area contributed by atoms with Crippen LogP contribution in [0.5, 0.6) is 0 Å². The van der Waals surface area contributed by atoms with Gasteiger partial charge in [-0.2, -0.15) is 0 Å². The van der Waals surface area contributed by atoms with Crippen molar-refractivity contribution >= 4 is 6.09 Å². The molecule has 0 aliphatic carbocycles. The van der Waals surface area contributed by atoms with Crippen molar-refractivity contribution in [3.8, 4) is 0 Å². The highest BCUT2D eigenvalue weighted by Gasteiger charge is 2.31. The number of amides is 1. The van der Waals surface area contributed by atoms with Gasteiger partial charge >= 0.3 is 6.09 Å². The number of hydrogen-bond donors (Lipinski definition) is 1. The molecule has 2 N–H and O–H groups in total. The Balaban J connectivity index is 1.88. The fraction of sp³-hybridized carbons (Fsp3) is 0.750. The highest BCUT2D eigenvalue weighted by Crippen LogP contribution is 2.15. The molecule has 0 aromatic carbocycles. The molecule has 1 aliphatic heterocycles. The standard InChI is InChI=1S/C16H29N5O2/c1-13-18-5-6-19(13)7-8-20-9-10-21(12-14(20)11-17)15(22)23-16(2,3)4/h5-6,14H,7-12,17H2,1-4H3. The summed E-state index contributed by atoms with van der Waals surface area (Å²) in [6.07, 6.45) is 3.56. The molecular formula is C16H29N5O2. The maximum Gasteiger partial charge on any atom is 0.410 e. The van der Waals surface area contributed by atoms with E-state index in [2.05, 4.69) is 14.5 Å². The van der Waals surface area contributed by atoms with E-state index < -0.39 is 5.60 Å². The summed E-state index contributed by atoms with van der Waals surface area (Å²) >= 11 is 0. The Morgan fingerprint density at radius 1 is 1.39 bits per heavy atom. The molecule has 1 amide bonds. The molecule has 0 saturated carbocycles. The van der Waals surface area contributed by atoms with Gasteiger partial charge in [-0.3, -0.25) is 4.90 Å². The molecular weight excluding hydrogens is 294 g/mol. The summed E-state index contributed by atoms with van der Waals surface area (Å²) in [6.45, 7) is 12.1. The van der Waals surface area contributed by atoms with E-state index in [4.69, 9.17) is 10.5 Å². The van der Waals surface area contributed by atoms with Crippen LogP contribution in [0.3, 0.4) is 0 Å². The molecule has 2 heterocycles. The minimum atomic E-state index is -0.467. The number of piperazine rings is 1. The first kappa shape index (κ1) is 17.7. The van der Waals surface area contributed by atoms with Crippen molar-refractivity contribution in [2.45, 2.75) is 45.9 Å². The molecule has 1 aromatic rings. The second-order valence-electron chi connectivity index (χ2n) is 7.02. The molecule has 23 heavy (non-hydrogen) atoms. The largest absolute Gasteiger partial charge is 0.444 e. The first-order valence-electron chi connectivity index (χ1n) is 8.20. The van der Waals surface area contributed by atoms with Gasteiger partial charge in [0.15, 0.2) is 0 Å².